The molecule has 114 valence electrons. The first kappa shape index (κ1) is 14.5. The van der Waals surface area contributed by atoms with Gasteiger partial charge in [-0.3, -0.25) is 0 Å². The summed E-state index contributed by atoms with van der Waals surface area (Å²) in [6, 6.07) is 7.43. The molecule has 2 heterocycles. The van der Waals surface area contributed by atoms with Crippen molar-refractivity contribution in [2.75, 3.05) is 5.73 Å². The van der Waals surface area contributed by atoms with Crippen LogP contribution >= 0.6 is 11.3 Å². The zero-order valence-electron chi connectivity index (χ0n) is 12.5. The van der Waals surface area contributed by atoms with Crippen molar-refractivity contribution in [2.45, 2.75) is 26.4 Å². The number of aromatic nitrogens is 3. The van der Waals surface area contributed by atoms with Crippen LogP contribution in [0.15, 0.2) is 29.8 Å². The molecular weight excluding hydrogens is 300 g/mol. The van der Waals surface area contributed by atoms with Gasteiger partial charge in [0.15, 0.2) is 0 Å². The monoisotopic (exact) mass is 316 g/mol. The van der Waals surface area contributed by atoms with Gasteiger partial charge < -0.3 is 10.5 Å². The lowest BCUT2D eigenvalue weighted by molar-refractivity contribution is 0.0518. The van der Waals surface area contributed by atoms with Crippen LogP contribution in [0.2, 0.25) is 0 Å². The van der Waals surface area contributed by atoms with Crippen LogP contribution in [0.3, 0.4) is 0 Å². The molecule has 0 amide bonds. The van der Waals surface area contributed by atoms with Crippen molar-refractivity contribution in [1.29, 1.82) is 0 Å². The number of nitrogens with zero attached hydrogens (tertiary/aromatic N) is 3. The summed E-state index contributed by atoms with van der Waals surface area (Å²) in [6.45, 7) is 5.41. The Bertz CT molecular complexity index is 845. The topological polar surface area (TPSA) is 83.0 Å². The first-order chi connectivity index (χ1) is 10.3. The van der Waals surface area contributed by atoms with Gasteiger partial charge in [0.05, 0.1) is 21.4 Å². The van der Waals surface area contributed by atoms with Crippen LogP contribution in [0.25, 0.3) is 21.5 Å². The summed E-state index contributed by atoms with van der Waals surface area (Å²) in [5.41, 5.74) is 9.21. The van der Waals surface area contributed by atoms with Crippen molar-refractivity contribution in [3.05, 3.63) is 29.8 Å². The Kier molecular flexibility index (Phi) is 3.37. The highest BCUT2D eigenvalue weighted by atomic mass is 32.1. The minimum absolute atomic E-state index is 0.263. The minimum Gasteiger partial charge on any atom is -0.442 e. The number of nitrogen functional groups attached to an aromatic ring is 1. The lowest BCUT2D eigenvalue weighted by atomic mass is 10.1. The molecule has 3 rings (SSSR count). The summed E-state index contributed by atoms with van der Waals surface area (Å²) in [4.78, 5) is 16.6. The molecule has 0 fully saturated rings. The number of ether oxygens (including phenoxy) is 1. The largest absolute Gasteiger partial charge is 0.442 e. The van der Waals surface area contributed by atoms with Crippen LogP contribution in [0.5, 0.6) is 0 Å². The summed E-state index contributed by atoms with van der Waals surface area (Å²) >= 11 is 1.56. The predicted molar refractivity (Wildman–Crippen MR) is 86.9 cm³/mol. The van der Waals surface area contributed by atoms with Crippen molar-refractivity contribution in [2.24, 2.45) is 0 Å². The van der Waals surface area contributed by atoms with E-state index in [0.29, 0.717) is 5.69 Å². The first-order valence-corrected chi connectivity index (χ1v) is 7.64. The molecule has 0 aliphatic carbocycles. The molecule has 7 heteroatoms. The van der Waals surface area contributed by atoms with Crippen LogP contribution in [0.4, 0.5) is 10.6 Å². The third-order valence-corrected chi connectivity index (χ3v) is 3.73. The van der Waals surface area contributed by atoms with Crippen molar-refractivity contribution in [3.8, 4) is 11.3 Å². The lowest BCUT2D eigenvalue weighted by Crippen LogP contribution is -2.28. The van der Waals surface area contributed by atoms with E-state index in [4.69, 9.17) is 10.5 Å². The smallest absolute Gasteiger partial charge is 0.435 e. The van der Waals surface area contributed by atoms with Gasteiger partial charge >= 0.3 is 6.09 Å². The SMILES string of the molecule is CC(C)(C)OC(=O)n1nc(N)cc1-c1ccc2scnc2c1. The molecule has 22 heavy (non-hydrogen) atoms. The average molecular weight is 316 g/mol. The highest BCUT2D eigenvalue weighted by Crippen LogP contribution is 2.27. The van der Waals surface area contributed by atoms with E-state index in [1.54, 1.807) is 43.7 Å². The zero-order chi connectivity index (χ0) is 15.9. The standard InChI is InChI=1S/C15H16N4O2S/c1-15(2,3)21-14(20)19-11(7-13(16)18-19)9-4-5-12-10(6-9)17-8-22-12/h4-8H,1-3H3,(H2,16,18). The molecule has 0 spiro atoms. The second kappa shape index (κ2) is 5.10. The van der Waals surface area contributed by atoms with Crippen LogP contribution in [-0.2, 0) is 4.74 Å². The Morgan fingerprint density at radius 2 is 2.09 bits per heavy atom. The van der Waals surface area contributed by atoms with Gasteiger partial charge in [0, 0.05) is 11.6 Å². The van der Waals surface area contributed by atoms with Crippen LogP contribution in [0.1, 0.15) is 20.8 Å². The fourth-order valence-electron chi connectivity index (χ4n) is 2.07. The number of fused-ring (bicyclic) bond motifs is 1. The van der Waals surface area contributed by atoms with Crippen LogP contribution < -0.4 is 5.73 Å². The highest BCUT2D eigenvalue weighted by Gasteiger charge is 2.22. The number of thiazole rings is 1. The van der Waals surface area contributed by atoms with Crippen molar-refractivity contribution in [1.82, 2.24) is 14.8 Å². The van der Waals surface area contributed by atoms with Crippen molar-refractivity contribution in [3.63, 3.8) is 0 Å². The Labute approximate surface area is 131 Å². The van der Waals surface area contributed by atoms with Crippen LogP contribution in [0, 0.1) is 0 Å². The zero-order valence-corrected chi connectivity index (χ0v) is 13.3. The average Bonchev–Trinajstić information content (AvgIpc) is 3.01. The van der Waals surface area contributed by atoms with Gasteiger partial charge in [-0.05, 0) is 32.9 Å². The maximum atomic E-state index is 12.3. The molecule has 0 saturated heterocycles. The van der Waals surface area contributed by atoms with Crippen LogP contribution in [-0.4, -0.2) is 26.5 Å². The number of hydrogen-bond donors (Lipinski definition) is 1. The summed E-state index contributed by atoms with van der Waals surface area (Å²) in [7, 11) is 0. The van der Waals surface area contributed by atoms with E-state index in [1.165, 1.54) is 4.68 Å². The Balaban J connectivity index is 2.05. The molecule has 0 saturated carbocycles. The summed E-state index contributed by atoms with van der Waals surface area (Å²) < 4.78 is 7.64. The van der Waals surface area contributed by atoms with Gasteiger partial charge in [0.1, 0.15) is 11.4 Å². The molecule has 2 N–H and O–H groups in total. The molecule has 0 aliphatic rings. The van der Waals surface area contributed by atoms with Crippen molar-refractivity contribution < 1.29 is 9.53 Å². The van der Waals surface area contributed by atoms with Gasteiger partial charge in [-0.2, -0.15) is 4.68 Å². The van der Waals surface area contributed by atoms with E-state index in [9.17, 15) is 4.79 Å². The molecule has 0 radical (unpaired) electrons. The summed E-state index contributed by atoms with van der Waals surface area (Å²) in [5, 5.41) is 4.04. The molecular formula is C15H16N4O2S. The number of benzene rings is 1. The molecule has 0 unspecified atom stereocenters. The Hall–Kier alpha value is -2.41. The van der Waals surface area contributed by atoms with E-state index in [-0.39, 0.29) is 5.82 Å². The predicted octanol–water partition coefficient (Wildman–Crippen LogP) is 3.53. The van der Waals surface area contributed by atoms with E-state index >= 15 is 0 Å². The molecule has 1 aromatic carbocycles. The maximum Gasteiger partial charge on any atom is 0.435 e. The summed E-state index contributed by atoms with van der Waals surface area (Å²) in [6.07, 6.45) is -0.558. The van der Waals surface area contributed by atoms with Gasteiger partial charge in [0.2, 0.25) is 0 Å². The fourth-order valence-corrected chi connectivity index (χ4v) is 2.73. The van der Waals surface area contributed by atoms with E-state index in [2.05, 4.69) is 10.1 Å². The van der Waals surface area contributed by atoms with E-state index in [0.717, 1.165) is 15.8 Å². The molecule has 0 atom stereocenters. The second-order valence-electron chi connectivity index (χ2n) is 5.88. The second-order valence-corrected chi connectivity index (χ2v) is 6.77. The summed E-state index contributed by atoms with van der Waals surface area (Å²) in [5.74, 6) is 0.263. The van der Waals surface area contributed by atoms with Gasteiger partial charge in [-0.15, -0.1) is 16.4 Å². The molecule has 3 aromatic rings. The first-order valence-electron chi connectivity index (χ1n) is 6.76. The highest BCUT2D eigenvalue weighted by molar-refractivity contribution is 7.16. The van der Waals surface area contributed by atoms with Crippen molar-refractivity contribution >= 4 is 33.5 Å². The van der Waals surface area contributed by atoms with Gasteiger partial charge in [-0.25, -0.2) is 9.78 Å². The molecule has 0 aliphatic heterocycles. The molecule has 6 nitrogen and oxygen atoms in total. The molecule has 2 aromatic heterocycles. The third kappa shape index (κ3) is 2.80. The Morgan fingerprint density at radius 1 is 1.32 bits per heavy atom. The quantitative estimate of drug-likeness (QED) is 0.742. The fraction of sp³-hybridized carbons (Fsp3) is 0.267. The molecule has 0 bridgehead atoms. The van der Waals surface area contributed by atoms with Gasteiger partial charge in [-0.1, -0.05) is 6.07 Å². The number of rotatable bonds is 1. The van der Waals surface area contributed by atoms with E-state index in [1.807, 2.05) is 18.2 Å². The number of carbonyl (C=O) groups is 1. The minimum atomic E-state index is -0.603. The van der Waals surface area contributed by atoms with Gasteiger partial charge in [0.25, 0.3) is 0 Å². The number of nitrogens with two attached hydrogens (primary N) is 1. The number of anilines is 1. The third-order valence-electron chi connectivity index (χ3n) is 2.92. The maximum absolute atomic E-state index is 12.3. The normalized spacial score (nSPS) is 11.8. The number of carbonyl (C=O) groups excluding carboxylic acids is 1. The Morgan fingerprint density at radius 3 is 2.82 bits per heavy atom. The van der Waals surface area contributed by atoms with E-state index < -0.39 is 11.7 Å². The number of hydrogen-bond acceptors (Lipinski definition) is 6. The lowest BCUT2D eigenvalue weighted by Gasteiger charge is -2.19.